The Labute approximate surface area is 80.5 Å². The Balaban J connectivity index is 2.33. The van der Waals surface area contributed by atoms with Gasteiger partial charge < -0.3 is 5.32 Å². The monoisotopic (exact) mass is 194 g/mol. The average molecular weight is 194 g/mol. The van der Waals surface area contributed by atoms with Crippen LogP contribution in [0.15, 0.2) is 11.3 Å². The molecule has 1 heterocycles. The van der Waals surface area contributed by atoms with E-state index in [1.54, 1.807) is 0 Å². The summed E-state index contributed by atoms with van der Waals surface area (Å²) >= 11 is 0. The quantitative estimate of drug-likeness (QED) is 0.428. The van der Waals surface area contributed by atoms with Crippen molar-refractivity contribution in [2.45, 2.75) is 25.7 Å². The summed E-state index contributed by atoms with van der Waals surface area (Å²) in [5.41, 5.74) is 0.624. The van der Waals surface area contributed by atoms with Crippen LogP contribution >= 0.6 is 0 Å². The van der Waals surface area contributed by atoms with Gasteiger partial charge in [-0.2, -0.15) is 0 Å². The highest BCUT2D eigenvalue weighted by molar-refractivity contribution is 6.16. The summed E-state index contributed by atoms with van der Waals surface area (Å²) in [4.78, 5) is 33.5. The summed E-state index contributed by atoms with van der Waals surface area (Å²) in [5, 5.41) is 4.45. The van der Waals surface area contributed by atoms with Crippen molar-refractivity contribution >= 4 is 17.7 Å². The number of hydrogen-bond donors (Lipinski definition) is 2. The number of Topliss-reactive ketones (excluding diaryl/α,β-unsaturated/α-hetero) is 1. The van der Waals surface area contributed by atoms with Crippen molar-refractivity contribution in [3.05, 3.63) is 11.3 Å². The molecule has 1 saturated heterocycles. The highest BCUT2D eigenvalue weighted by atomic mass is 16.2. The van der Waals surface area contributed by atoms with Crippen molar-refractivity contribution < 1.29 is 14.4 Å². The molecule has 14 heavy (non-hydrogen) atoms. The standard InChI is InChI=1S/C9H10N2O3/c12-6-4-2-1-3-5(6)7-8(13)11-9(14)10-7/h1-4H2,(H2,10,11,13,14)/b7-5-. The van der Waals surface area contributed by atoms with Gasteiger partial charge >= 0.3 is 6.03 Å². The summed E-state index contributed by atoms with van der Waals surface area (Å²) in [6.07, 6.45) is 2.82. The van der Waals surface area contributed by atoms with Crippen molar-refractivity contribution in [2.75, 3.05) is 0 Å². The summed E-state index contributed by atoms with van der Waals surface area (Å²) in [6, 6.07) is -0.545. The first kappa shape index (κ1) is 8.93. The van der Waals surface area contributed by atoms with Crippen molar-refractivity contribution in [1.29, 1.82) is 0 Å². The van der Waals surface area contributed by atoms with Crippen LogP contribution in [0.2, 0.25) is 0 Å². The number of nitrogens with one attached hydrogen (secondary N) is 2. The first-order valence-electron chi connectivity index (χ1n) is 4.57. The Bertz CT molecular complexity index is 357. The third-order valence-corrected chi connectivity index (χ3v) is 2.41. The molecule has 1 saturated carbocycles. The van der Waals surface area contributed by atoms with E-state index in [2.05, 4.69) is 10.6 Å². The summed E-state index contributed by atoms with van der Waals surface area (Å²) in [6.45, 7) is 0. The van der Waals surface area contributed by atoms with Crippen LogP contribution in [-0.4, -0.2) is 17.7 Å². The molecule has 0 atom stereocenters. The van der Waals surface area contributed by atoms with Gasteiger partial charge in [-0.1, -0.05) is 0 Å². The zero-order chi connectivity index (χ0) is 10.1. The Morgan fingerprint density at radius 2 is 1.64 bits per heavy atom. The maximum absolute atomic E-state index is 11.4. The molecule has 2 rings (SSSR count). The van der Waals surface area contributed by atoms with E-state index in [0.717, 1.165) is 12.8 Å². The van der Waals surface area contributed by atoms with Gasteiger partial charge in [-0.3, -0.25) is 14.9 Å². The molecule has 74 valence electrons. The highest BCUT2D eigenvalue weighted by Gasteiger charge is 2.30. The smallest absolute Gasteiger partial charge is 0.302 e. The summed E-state index contributed by atoms with van der Waals surface area (Å²) < 4.78 is 0. The first-order valence-corrected chi connectivity index (χ1v) is 4.57. The molecule has 3 amide bonds. The van der Waals surface area contributed by atoms with Crippen molar-refractivity contribution in [3.8, 4) is 0 Å². The van der Waals surface area contributed by atoms with Gasteiger partial charge in [-0.05, 0) is 19.3 Å². The molecule has 0 radical (unpaired) electrons. The molecule has 0 aromatic rings. The number of urea groups is 1. The molecular weight excluding hydrogens is 184 g/mol. The second-order valence-corrected chi connectivity index (χ2v) is 3.39. The summed E-state index contributed by atoms with van der Waals surface area (Å²) in [5.74, 6) is -0.510. The lowest BCUT2D eigenvalue weighted by atomic mass is 9.92. The van der Waals surface area contributed by atoms with E-state index in [4.69, 9.17) is 0 Å². The predicted octanol–water partition coefficient (Wildman–Crippen LogP) is 0.223. The van der Waals surface area contributed by atoms with E-state index in [1.165, 1.54) is 0 Å². The van der Waals surface area contributed by atoms with Gasteiger partial charge in [0.1, 0.15) is 5.70 Å². The molecule has 0 aromatic carbocycles. The van der Waals surface area contributed by atoms with E-state index < -0.39 is 11.9 Å². The van der Waals surface area contributed by atoms with Crippen LogP contribution in [0.25, 0.3) is 0 Å². The Kier molecular flexibility index (Phi) is 2.07. The van der Waals surface area contributed by atoms with Crippen molar-refractivity contribution in [2.24, 2.45) is 0 Å². The zero-order valence-corrected chi connectivity index (χ0v) is 7.55. The minimum atomic E-state index is -0.545. The largest absolute Gasteiger partial charge is 0.326 e. The van der Waals surface area contributed by atoms with Gasteiger partial charge in [0.05, 0.1) is 0 Å². The third-order valence-electron chi connectivity index (χ3n) is 2.41. The fourth-order valence-corrected chi connectivity index (χ4v) is 1.72. The predicted molar refractivity (Wildman–Crippen MR) is 47.2 cm³/mol. The van der Waals surface area contributed by atoms with Crippen LogP contribution in [0.4, 0.5) is 4.79 Å². The molecule has 1 aliphatic heterocycles. The molecule has 2 N–H and O–H groups in total. The minimum absolute atomic E-state index is 0.0244. The molecule has 0 spiro atoms. The van der Waals surface area contributed by atoms with Gasteiger partial charge in [0.25, 0.3) is 5.91 Å². The Morgan fingerprint density at radius 3 is 2.21 bits per heavy atom. The van der Waals surface area contributed by atoms with Gasteiger partial charge in [-0.15, -0.1) is 0 Å². The van der Waals surface area contributed by atoms with E-state index in [-0.39, 0.29) is 11.5 Å². The Morgan fingerprint density at radius 1 is 0.929 bits per heavy atom. The minimum Gasteiger partial charge on any atom is -0.302 e. The van der Waals surface area contributed by atoms with Gasteiger partial charge in [0.2, 0.25) is 0 Å². The molecule has 0 bridgehead atoms. The number of hydrogen-bond acceptors (Lipinski definition) is 3. The maximum Gasteiger partial charge on any atom is 0.326 e. The van der Waals surface area contributed by atoms with Crippen molar-refractivity contribution in [1.82, 2.24) is 10.6 Å². The van der Waals surface area contributed by atoms with Crippen LogP contribution in [0, 0.1) is 0 Å². The van der Waals surface area contributed by atoms with E-state index in [1.807, 2.05) is 0 Å². The lowest BCUT2D eigenvalue weighted by molar-refractivity contribution is -0.118. The topological polar surface area (TPSA) is 75.3 Å². The van der Waals surface area contributed by atoms with Crippen LogP contribution in [0.3, 0.4) is 0 Å². The molecular formula is C9H10N2O3. The number of allylic oxidation sites excluding steroid dienone is 1. The van der Waals surface area contributed by atoms with Gasteiger partial charge in [0.15, 0.2) is 5.78 Å². The fourth-order valence-electron chi connectivity index (χ4n) is 1.72. The second kappa shape index (κ2) is 3.25. The van der Waals surface area contributed by atoms with Gasteiger partial charge in [0, 0.05) is 12.0 Å². The number of ketones is 1. The lowest BCUT2D eigenvalue weighted by Gasteiger charge is -2.13. The average Bonchev–Trinajstić information content (AvgIpc) is 2.46. The second-order valence-electron chi connectivity index (χ2n) is 3.39. The molecule has 1 aliphatic carbocycles. The normalized spacial score (nSPS) is 27.6. The van der Waals surface area contributed by atoms with Crippen molar-refractivity contribution in [3.63, 3.8) is 0 Å². The number of amides is 3. The van der Waals surface area contributed by atoms with Crippen LogP contribution in [0.5, 0.6) is 0 Å². The van der Waals surface area contributed by atoms with Gasteiger partial charge in [-0.25, -0.2) is 4.79 Å². The first-order chi connectivity index (χ1) is 6.68. The lowest BCUT2D eigenvalue weighted by Crippen LogP contribution is -2.22. The van der Waals surface area contributed by atoms with E-state index >= 15 is 0 Å². The Hall–Kier alpha value is -1.65. The summed E-state index contributed by atoms with van der Waals surface area (Å²) in [7, 11) is 0. The van der Waals surface area contributed by atoms with E-state index in [0.29, 0.717) is 18.4 Å². The number of rotatable bonds is 0. The molecule has 0 unspecified atom stereocenters. The van der Waals surface area contributed by atoms with Crippen LogP contribution in [-0.2, 0) is 9.59 Å². The third kappa shape index (κ3) is 1.41. The van der Waals surface area contributed by atoms with Crippen LogP contribution in [0.1, 0.15) is 25.7 Å². The molecule has 2 aliphatic rings. The SMILES string of the molecule is O=C1NC(=O)/C(=C2\CCCCC2=O)N1. The number of imide groups is 1. The number of carbonyl (C=O) groups is 3. The highest BCUT2D eigenvalue weighted by Crippen LogP contribution is 2.22. The maximum atomic E-state index is 11.4. The fraction of sp³-hybridized carbons (Fsp3) is 0.444. The van der Waals surface area contributed by atoms with E-state index in [9.17, 15) is 14.4 Å². The number of carbonyl (C=O) groups excluding carboxylic acids is 3. The zero-order valence-electron chi connectivity index (χ0n) is 7.55. The van der Waals surface area contributed by atoms with Crippen LogP contribution < -0.4 is 10.6 Å². The molecule has 5 nitrogen and oxygen atoms in total. The molecule has 5 heteroatoms. The molecule has 0 aromatic heterocycles. The molecule has 2 fully saturated rings.